The number of hydrogen-bond acceptors (Lipinski definition) is 5. The summed E-state index contributed by atoms with van der Waals surface area (Å²) in [5.74, 6) is 0. The number of aliphatic hydroxyl groups is 2. The lowest BCUT2D eigenvalue weighted by Gasteiger charge is -2.37. The Bertz CT molecular complexity index is 364. The van der Waals surface area contributed by atoms with Gasteiger partial charge in [-0.25, -0.2) is 4.99 Å². The van der Waals surface area contributed by atoms with Gasteiger partial charge in [-0.2, -0.15) is 0 Å². The molecular weight excluding hydrogens is 266 g/mol. The van der Waals surface area contributed by atoms with Gasteiger partial charge in [-0.3, -0.25) is 5.32 Å². The Hall–Kier alpha value is -0.180. The highest BCUT2D eigenvalue weighted by atomic mass is 32.2. The quantitative estimate of drug-likeness (QED) is 0.450. The number of thioether (sulfide) groups is 1. The SMILES string of the molecule is CC[NH2+]C1=N[C@@H]2[C@@H](O)[C@H](O)[C@@H](C[NH2+]C3CC3)O[C@@H]2S1. The number of nitrogens with two attached hydrogens (primary N) is 2. The number of nitrogens with zero attached hydrogens (tertiary/aromatic N) is 1. The molecule has 2 aliphatic heterocycles. The molecule has 2 fully saturated rings. The highest BCUT2D eigenvalue weighted by molar-refractivity contribution is 8.14. The maximum Gasteiger partial charge on any atom is 0.258 e. The van der Waals surface area contributed by atoms with Gasteiger partial charge in [0.05, 0.1) is 12.6 Å². The fraction of sp³-hybridized carbons (Fsp3) is 0.917. The van der Waals surface area contributed by atoms with E-state index in [1.165, 1.54) is 12.8 Å². The van der Waals surface area contributed by atoms with E-state index in [9.17, 15) is 10.2 Å². The minimum absolute atomic E-state index is 0.145. The minimum atomic E-state index is -0.832. The molecule has 3 aliphatic rings. The second-order valence-corrected chi connectivity index (χ2v) is 6.64. The molecule has 0 spiro atoms. The molecule has 0 radical (unpaired) electrons. The molecule has 5 atom stereocenters. The average Bonchev–Trinajstić information content (AvgIpc) is 3.13. The summed E-state index contributed by atoms with van der Waals surface area (Å²) < 4.78 is 5.93. The smallest absolute Gasteiger partial charge is 0.258 e. The molecule has 1 aliphatic carbocycles. The highest BCUT2D eigenvalue weighted by Crippen LogP contribution is 2.34. The lowest BCUT2D eigenvalue weighted by molar-refractivity contribution is -0.676. The molecular formula is C12H23N3O3S+2. The van der Waals surface area contributed by atoms with Gasteiger partial charge in [-0.15, -0.1) is 0 Å². The number of ether oxygens (including phenoxy) is 1. The molecule has 2 heterocycles. The summed E-state index contributed by atoms with van der Waals surface area (Å²) in [7, 11) is 0. The van der Waals surface area contributed by atoms with Gasteiger partial charge in [0.1, 0.15) is 36.3 Å². The number of rotatable bonds is 4. The third-order valence-electron chi connectivity index (χ3n) is 3.88. The van der Waals surface area contributed by atoms with E-state index < -0.39 is 12.2 Å². The number of fused-ring (bicyclic) bond motifs is 1. The first-order valence-corrected chi connectivity index (χ1v) is 7.99. The van der Waals surface area contributed by atoms with E-state index in [0.29, 0.717) is 6.04 Å². The summed E-state index contributed by atoms with van der Waals surface area (Å²) in [5, 5.41) is 25.5. The van der Waals surface area contributed by atoms with Crippen LogP contribution in [-0.2, 0) is 4.74 Å². The van der Waals surface area contributed by atoms with Gasteiger partial charge in [0.15, 0.2) is 0 Å². The zero-order chi connectivity index (χ0) is 13.4. The summed E-state index contributed by atoms with van der Waals surface area (Å²) >= 11 is 1.57. The molecule has 0 unspecified atom stereocenters. The molecule has 0 aromatic carbocycles. The molecule has 1 saturated carbocycles. The topological polar surface area (TPSA) is 95.3 Å². The Morgan fingerprint density at radius 1 is 1.37 bits per heavy atom. The average molecular weight is 289 g/mol. The van der Waals surface area contributed by atoms with Gasteiger partial charge < -0.3 is 20.3 Å². The van der Waals surface area contributed by atoms with Gasteiger partial charge in [-0.05, 0) is 18.7 Å². The van der Waals surface area contributed by atoms with Crippen LogP contribution in [0.15, 0.2) is 4.99 Å². The molecule has 19 heavy (non-hydrogen) atoms. The van der Waals surface area contributed by atoms with E-state index in [0.717, 1.165) is 18.3 Å². The van der Waals surface area contributed by atoms with Crippen LogP contribution in [0.5, 0.6) is 0 Å². The van der Waals surface area contributed by atoms with Crippen molar-refractivity contribution in [2.75, 3.05) is 13.1 Å². The molecule has 0 amide bonds. The van der Waals surface area contributed by atoms with Crippen LogP contribution < -0.4 is 10.6 Å². The van der Waals surface area contributed by atoms with Gasteiger partial charge in [-0.1, -0.05) is 0 Å². The summed E-state index contributed by atoms with van der Waals surface area (Å²) in [4.78, 5) is 4.45. The first-order valence-electron chi connectivity index (χ1n) is 7.11. The van der Waals surface area contributed by atoms with Crippen LogP contribution in [0.4, 0.5) is 0 Å². The number of hydrogen-bond donors (Lipinski definition) is 4. The lowest BCUT2D eigenvalue weighted by atomic mass is 9.98. The molecule has 6 nitrogen and oxygen atoms in total. The van der Waals surface area contributed by atoms with Crippen molar-refractivity contribution in [1.82, 2.24) is 0 Å². The maximum atomic E-state index is 10.2. The highest BCUT2D eigenvalue weighted by Gasteiger charge is 2.50. The molecule has 6 N–H and O–H groups in total. The number of aliphatic hydroxyl groups excluding tert-OH is 2. The predicted octanol–water partition coefficient (Wildman–Crippen LogP) is -2.79. The first-order chi connectivity index (χ1) is 9.19. The molecule has 0 aromatic heterocycles. The fourth-order valence-corrected chi connectivity index (χ4v) is 3.82. The van der Waals surface area contributed by atoms with Crippen LogP contribution in [0, 0.1) is 0 Å². The fourth-order valence-electron chi connectivity index (χ4n) is 2.58. The summed E-state index contributed by atoms with van der Waals surface area (Å²) in [5.41, 5.74) is -0.145. The molecule has 7 heteroatoms. The van der Waals surface area contributed by atoms with Crippen molar-refractivity contribution < 1.29 is 25.6 Å². The lowest BCUT2D eigenvalue weighted by Crippen LogP contribution is -2.89. The van der Waals surface area contributed by atoms with Crippen molar-refractivity contribution in [1.29, 1.82) is 0 Å². The van der Waals surface area contributed by atoms with Crippen LogP contribution >= 0.6 is 11.8 Å². The molecule has 108 valence electrons. The van der Waals surface area contributed by atoms with Crippen molar-refractivity contribution in [2.45, 2.75) is 55.6 Å². The second-order valence-electron chi connectivity index (χ2n) is 5.52. The van der Waals surface area contributed by atoms with Crippen LogP contribution in [0.3, 0.4) is 0 Å². The van der Waals surface area contributed by atoms with Crippen LogP contribution in [0.1, 0.15) is 19.8 Å². The van der Waals surface area contributed by atoms with Crippen molar-refractivity contribution >= 4 is 16.9 Å². The normalized spacial score (nSPS) is 42.1. The van der Waals surface area contributed by atoms with E-state index in [1.54, 1.807) is 11.8 Å². The number of amidine groups is 1. The largest absolute Gasteiger partial charge is 0.388 e. The molecule has 1 saturated heterocycles. The van der Waals surface area contributed by atoms with Crippen molar-refractivity contribution in [3.05, 3.63) is 0 Å². The predicted molar refractivity (Wildman–Crippen MR) is 71.8 cm³/mol. The van der Waals surface area contributed by atoms with Crippen LogP contribution in [-0.4, -0.2) is 64.3 Å². The van der Waals surface area contributed by atoms with E-state index in [4.69, 9.17) is 4.74 Å². The van der Waals surface area contributed by atoms with Gasteiger partial charge in [0, 0.05) is 12.8 Å². The zero-order valence-corrected chi connectivity index (χ0v) is 11.9. The molecule has 0 aromatic rings. The van der Waals surface area contributed by atoms with Crippen molar-refractivity contribution in [2.24, 2.45) is 4.99 Å². The van der Waals surface area contributed by atoms with E-state index >= 15 is 0 Å². The maximum absolute atomic E-state index is 10.2. The Labute approximate surface area is 117 Å². The van der Waals surface area contributed by atoms with Gasteiger partial charge in [0.2, 0.25) is 0 Å². The Morgan fingerprint density at radius 2 is 2.16 bits per heavy atom. The standard InChI is InChI=1S/C12H21N3O3S/c1-2-13-12-15-8-10(17)9(16)7(18-11(8)19-12)5-14-6-3-4-6/h6-11,14,16-17H,2-5H2,1H3,(H,13,15)/p+2/t7-,8-,9-,10-,11-/m1/s1. The van der Waals surface area contributed by atoms with E-state index in [1.807, 2.05) is 5.32 Å². The van der Waals surface area contributed by atoms with E-state index in [2.05, 4.69) is 17.2 Å². The molecule has 3 rings (SSSR count). The monoisotopic (exact) mass is 289 g/mol. The van der Waals surface area contributed by atoms with Crippen molar-refractivity contribution in [3.63, 3.8) is 0 Å². The van der Waals surface area contributed by atoms with Crippen LogP contribution in [0.2, 0.25) is 0 Å². The number of quaternary nitrogens is 2. The third kappa shape index (κ3) is 2.96. The van der Waals surface area contributed by atoms with Gasteiger partial charge >= 0.3 is 0 Å². The summed E-state index contributed by atoms with van der Waals surface area (Å²) in [6.45, 7) is 3.70. The minimum Gasteiger partial charge on any atom is -0.388 e. The first kappa shape index (κ1) is 13.8. The van der Waals surface area contributed by atoms with Crippen LogP contribution in [0.25, 0.3) is 0 Å². The third-order valence-corrected chi connectivity index (χ3v) is 5.02. The van der Waals surface area contributed by atoms with E-state index in [-0.39, 0.29) is 17.6 Å². The Kier molecular flexibility index (Phi) is 4.11. The Balaban J connectivity index is 1.60. The molecule has 0 bridgehead atoms. The number of aliphatic imine (C=N–C) groups is 1. The second kappa shape index (κ2) is 5.67. The van der Waals surface area contributed by atoms with Crippen molar-refractivity contribution in [3.8, 4) is 0 Å². The Morgan fingerprint density at radius 3 is 2.84 bits per heavy atom. The summed E-state index contributed by atoms with van der Waals surface area (Å²) in [6.07, 6.45) is 0.573. The summed E-state index contributed by atoms with van der Waals surface area (Å²) in [6, 6.07) is 0.372. The zero-order valence-electron chi connectivity index (χ0n) is 11.1. The van der Waals surface area contributed by atoms with Gasteiger partial charge in [0.25, 0.3) is 5.17 Å².